The van der Waals surface area contributed by atoms with Crippen molar-refractivity contribution in [3.05, 3.63) is 55.8 Å². The van der Waals surface area contributed by atoms with Crippen LogP contribution in [0.5, 0.6) is 0 Å². The molecular formula is C21H22N6O2S. The predicted octanol–water partition coefficient (Wildman–Crippen LogP) is 2.00. The third-order valence-corrected chi connectivity index (χ3v) is 7.06. The number of aromatic nitrogens is 5. The summed E-state index contributed by atoms with van der Waals surface area (Å²) < 4.78 is 7.16. The van der Waals surface area contributed by atoms with Gasteiger partial charge in [0.05, 0.1) is 22.9 Å². The molecule has 0 unspecified atom stereocenters. The lowest BCUT2D eigenvalue weighted by atomic mass is 10.00. The molecule has 4 aromatic rings. The molecule has 0 atom stereocenters. The van der Waals surface area contributed by atoms with E-state index in [1.165, 1.54) is 10.6 Å². The van der Waals surface area contributed by atoms with Gasteiger partial charge in [0, 0.05) is 49.4 Å². The quantitative estimate of drug-likeness (QED) is 0.496. The molecule has 0 N–H and O–H groups in total. The zero-order valence-electron chi connectivity index (χ0n) is 17.3. The van der Waals surface area contributed by atoms with Crippen LogP contribution in [0.3, 0.4) is 0 Å². The standard InChI is InChI=1S/C21H22N6O2S/c1-5-27-18-13-11-22-26(4)14(13)8-9-17(18)30-20(27)23-19(28)12-6-7-15-16(10-12)25(3)21(29)24(15)2/h6-7,10-11H,5,8-9H2,1-4H3. The molecule has 5 rings (SSSR count). The molecule has 0 bridgehead atoms. The van der Waals surface area contributed by atoms with Crippen LogP contribution in [0.25, 0.3) is 22.3 Å². The maximum absolute atomic E-state index is 13.0. The van der Waals surface area contributed by atoms with E-state index in [9.17, 15) is 9.59 Å². The van der Waals surface area contributed by atoms with Crippen LogP contribution >= 0.6 is 11.3 Å². The van der Waals surface area contributed by atoms with Gasteiger partial charge in [-0.3, -0.25) is 18.6 Å². The second kappa shape index (κ2) is 6.66. The summed E-state index contributed by atoms with van der Waals surface area (Å²) in [6.45, 7) is 2.78. The van der Waals surface area contributed by atoms with Crippen molar-refractivity contribution in [2.45, 2.75) is 26.3 Å². The number of nitrogens with zero attached hydrogens (tertiary/aromatic N) is 6. The summed E-state index contributed by atoms with van der Waals surface area (Å²) in [7, 11) is 5.40. The molecule has 0 aliphatic heterocycles. The molecule has 0 spiro atoms. The summed E-state index contributed by atoms with van der Waals surface area (Å²) in [5.41, 5.74) is 5.34. The van der Waals surface area contributed by atoms with Crippen molar-refractivity contribution in [1.29, 1.82) is 0 Å². The summed E-state index contributed by atoms with van der Waals surface area (Å²) in [4.78, 5) is 31.6. The highest BCUT2D eigenvalue weighted by Gasteiger charge is 2.25. The highest BCUT2D eigenvalue weighted by atomic mass is 32.1. The molecule has 154 valence electrons. The van der Waals surface area contributed by atoms with Crippen LogP contribution in [0, 0.1) is 0 Å². The minimum absolute atomic E-state index is 0.117. The smallest absolute Gasteiger partial charge is 0.316 e. The van der Waals surface area contributed by atoms with Gasteiger partial charge in [-0.25, -0.2) is 4.79 Å². The van der Waals surface area contributed by atoms with E-state index in [0.29, 0.717) is 10.4 Å². The first-order chi connectivity index (χ1) is 14.4. The lowest BCUT2D eigenvalue weighted by Gasteiger charge is -2.15. The molecule has 3 aromatic heterocycles. The van der Waals surface area contributed by atoms with Crippen molar-refractivity contribution >= 4 is 28.3 Å². The maximum Gasteiger partial charge on any atom is 0.328 e. The molecule has 0 saturated carbocycles. The normalized spacial score (nSPS) is 13.7. The SMILES string of the molecule is CCn1c2c(sc1=NC(=O)c1ccc3c(c1)n(C)c(=O)n3C)CCc1c-2cnn1C. The number of benzene rings is 1. The van der Waals surface area contributed by atoms with Crippen molar-refractivity contribution in [1.82, 2.24) is 23.5 Å². The summed E-state index contributed by atoms with van der Waals surface area (Å²) >= 11 is 1.57. The molecule has 1 aliphatic rings. The van der Waals surface area contributed by atoms with E-state index in [1.807, 2.05) is 17.9 Å². The van der Waals surface area contributed by atoms with E-state index >= 15 is 0 Å². The molecule has 30 heavy (non-hydrogen) atoms. The minimum atomic E-state index is -0.305. The Morgan fingerprint density at radius 3 is 2.70 bits per heavy atom. The van der Waals surface area contributed by atoms with Crippen LogP contribution in [0.1, 0.15) is 27.9 Å². The Balaban J connectivity index is 1.63. The molecule has 9 heteroatoms. The van der Waals surface area contributed by atoms with Crippen LogP contribution in [-0.4, -0.2) is 29.4 Å². The highest BCUT2D eigenvalue weighted by molar-refractivity contribution is 7.09. The largest absolute Gasteiger partial charge is 0.328 e. The average Bonchev–Trinajstić information content (AvgIpc) is 3.36. The number of amides is 1. The van der Waals surface area contributed by atoms with E-state index in [0.717, 1.165) is 41.7 Å². The lowest BCUT2D eigenvalue weighted by molar-refractivity contribution is 0.0998. The van der Waals surface area contributed by atoms with Gasteiger partial charge in [0.15, 0.2) is 4.80 Å². The number of rotatable bonds is 2. The Kier molecular flexibility index (Phi) is 4.18. The Labute approximate surface area is 176 Å². The maximum atomic E-state index is 13.0. The van der Waals surface area contributed by atoms with Crippen LogP contribution in [0.4, 0.5) is 0 Å². The monoisotopic (exact) mass is 422 g/mol. The van der Waals surface area contributed by atoms with Gasteiger partial charge in [0.1, 0.15) is 0 Å². The first kappa shape index (κ1) is 18.8. The number of carbonyl (C=O) groups is 1. The Morgan fingerprint density at radius 1 is 1.17 bits per heavy atom. The van der Waals surface area contributed by atoms with Gasteiger partial charge < -0.3 is 4.57 Å². The molecular weight excluding hydrogens is 400 g/mol. The van der Waals surface area contributed by atoms with Gasteiger partial charge in [-0.2, -0.15) is 10.1 Å². The molecule has 0 fully saturated rings. The molecule has 1 aromatic carbocycles. The number of thiazole rings is 1. The second-order valence-electron chi connectivity index (χ2n) is 7.55. The summed E-state index contributed by atoms with van der Waals surface area (Å²) in [5, 5.41) is 4.42. The van der Waals surface area contributed by atoms with Crippen molar-refractivity contribution in [2.75, 3.05) is 0 Å². The molecule has 8 nitrogen and oxygen atoms in total. The zero-order valence-corrected chi connectivity index (χ0v) is 18.2. The van der Waals surface area contributed by atoms with Gasteiger partial charge in [-0.05, 0) is 38.0 Å². The van der Waals surface area contributed by atoms with Gasteiger partial charge in [0.25, 0.3) is 5.91 Å². The molecule has 1 aliphatic carbocycles. The van der Waals surface area contributed by atoms with E-state index in [2.05, 4.69) is 21.6 Å². The molecule has 3 heterocycles. The van der Waals surface area contributed by atoms with E-state index in [4.69, 9.17) is 0 Å². The fourth-order valence-corrected chi connectivity index (χ4v) is 5.48. The third-order valence-electron chi connectivity index (χ3n) is 5.92. The Bertz CT molecular complexity index is 1460. The lowest BCUT2D eigenvalue weighted by Crippen LogP contribution is -2.19. The topological polar surface area (TPSA) is 79.1 Å². The fourth-order valence-electron chi connectivity index (χ4n) is 4.28. The number of hydrogen-bond donors (Lipinski definition) is 0. The summed E-state index contributed by atoms with van der Waals surface area (Å²) in [6, 6.07) is 5.27. The first-order valence-electron chi connectivity index (χ1n) is 9.89. The van der Waals surface area contributed by atoms with Crippen molar-refractivity contribution in [3.63, 3.8) is 0 Å². The van der Waals surface area contributed by atoms with Crippen LogP contribution in [0.2, 0.25) is 0 Å². The van der Waals surface area contributed by atoms with Crippen molar-refractivity contribution in [3.8, 4) is 11.3 Å². The average molecular weight is 423 g/mol. The fraction of sp³-hybridized carbons (Fsp3) is 0.333. The molecule has 0 saturated heterocycles. The van der Waals surface area contributed by atoms with Crippen LogP contribution in [0.15, 0.2) is 34.2 Å². The zero-order chi connectivity index (χ0) is 21.2. The number of hydrogen-bond acceptors (Lipinski definition) is 4. The van der Waals surface area contributed by atoms with Gasteiger partial charge in [0.2, 0.25) is 0 Å². The van der Waals surface area contributed by atoms with Gasteiger partial charge in [-0.1, -0.05) is 0 Å². The minimum Gasteiger partial charge on any atom is -0.316 e. The molecule has 1 amide bonds. The summed E-state index contributed by atoms with van der Waals surface area (Å²) in [5.74, 6) is -0.305. The van der Waals surface area contributed by atoms with E-state index in [-0.39, 0.29) is 11.6 Å². The number of fused-ring (bicyclic) bond motifs is 4. The number of aryl methyl sites for hydroxylation is 4. The van der Waals surface area contributed by atoms with Crippen LogP contribution < -0.4 is 10.5 Å². The predicted molar refractivity (Wildman–Crippen MR) is 116 cm³/mol. The van der Waals surface area contributed by atoms with Crippen LogP contribution in [-0.2, 0) is 40.5 Å². The summed E-state index contributed by atoms with van der Waals surface area (Å²) in [6.07, 6.45) is 3.77. The van der Waals surface area contributed by atoms with E-state index < -0.39 is 0 Å². The van der Waals surface area contributed by atoms with Crippen molar-refractivity contribution in [2.24, 2.45) is 26.1 Å². The number of imidazole rings is 1. The first-order valence-corrected chi connectivity index (χ1v) is 10.7. The highest BCUT2D eigenvalue weighted by Crippen LogP contribution is 2.34. The van der Waals surface area contributed by atoms with Gasteiger partial charge in [-0.15, -0.1) is 11.3 Å². The van der Waals surface area contributed by atoms with Crippen molar-refractivity contribution < 1.29 is 4.79 Å². The molecule has 0 radical (unpaired) electrons. The Hall–Kier alpha value is -3.20. The van der Waals surface area contributed by atoms with Gasteiger partial charge >= 0.3 is 5.69 Å². The third kappa shape index (κ3) is 2.58. The van der Waals surface area contributed by atoms with E-state index in [1.54, 1.807) is 52.8 Å². The number of carbonyl (C=O) groups excluding carboxylic acids is 1. The second-order valence-corrected chi connectivity index (χ2v) is 8.61. The Morgan fingerprint density at radius 2 is 1.93 bits per heavy atom.